The summed E-state index contributed by atoms with van der Waals surface area (Å²) in [5.41, 5.74) is 3.52. The Morgan fingerprint density at radius 1 is 1.25 bits per heavy atom. The Bertz CT molecular complexity index is 811. The number of hydrogen-bond acceptors (Lipinski definition) is 4. The third-order valence-corrected chi connectivity index (χ3v) is 4.51. The molecule has 0 spiro atoms. The van der Waals surface area contributed by atoms with Gasteiger partial charge in [-0.15, -0.1) is 24.0 Å². The fourth-order valence-corrected chi connectivity index (χ4v) is 3.10. The fourth-order valence-electron chi connectivity index (χ4n) is 3.10. The van der Waals surface area contributed by atoms with Gasteiger partial charge < -0.3 is 15.0 Å². The lowest BCUT2D eigenvalue weighted by Crippen LogP contribution is -2.41. The molecule has 1 aliphatic rings. The van der Waals surface area contributed by atoms with E-state index in [0.29, 0.717) is 13.2 Å². The average Bonchev–Trinajstić information content (AvgIpc) is 3.12. The first-order valence-electron chi connectivity index (χ1n) is 9.05. The van der Waals surface area contributed by atoms with Crippen LogP contribution in [0.1, 0.15) is 17.5 Å². The summed E-state index contributed by atoms with van der Waals surface area (Å²) < 4.78 is 5.12. The topological polar surface area (TPSA) is 80.0 Å². The van der Waals surface area contributed by atoms with Gasteiger partial charge in [-0.25, -0.2) is 4.99 Å². The van der Waals surface area contributed by atoms with Crippen LogP contribution in [-0.2, 0) is 17.7 Å². The second kappa shape index (κ2) is 11.0. The maximum Gasteiger partial charge on any atom is 0.269 e. The van der Waals surface area contributed by atoms with Gasteiger partial charge in [0.15, 0.2) is 5.96 Å². The molecule has 0 unspecified atom stereocenters. The largest absolute Gasteiger partial charge is 0.385 e. The molecule has 28 heavy (non-hydrogen) atoms. The smallest absolute Gasteiger partial charge is 0.269 e. The van der Waals surface area contributed by atoms with Crippen LogP contribution >= 0.6 is 24.0 Å². The van der Waals surface area contributed by atoms with Crippen molar-refractivity contribution in [3.8, 4) is 0 Å². The Hall–Kier alpha value is -2.20. The van der Waals surface area contributed by atoms with E-state index in [4.69, 9.17) is 9.73 Å². The Morgan fingerprint density at radius 3 is 2.71 bits per heavy atom. The number of nitrogens with one attached hydrogen (secondary N) is 1. The molecular formula is C20H25IN4O3. The van der Waals surface area contributed by atoms with E-state index < -0.39 is 4.92 Å². The van der Waals surface area contributed by atoms with Gasteiger partial charge in [0.05, 0.1) is 11.5 Å². The molecule has 1 aliphatic heterocycles. The van der Waals surface area contributed by atoms with Crippen LogP contribution in [0.15, 0.2) is 53.5 Å². The number of nitro groups is 1. The standard InChI is InChI=1S/C20H24N4O3.HI/c1-27-14-4-12-21-20(23-13-11-17-5-2-3-6-19(17)23)22-15-16-7-9-18(10-8-16)24(25)26;/h2-3,5-10H,4,11-15H2,1H3,(H,21,22);1H. The Morgan fingerprint density at radius 2 is 2.00 bits per heavy atom. The number of nitrogens with zero attached hydrogens (tertiary/aromatic N) is 3. The molecule has 0 bridgehead atoms. The zero-order valence-electron chi connectivity index (χ0n) is 15.8. The van der Waals surface area contributed by atoms with Gasteiger partial charge in [-0.2, -0.15) is 0 Å². The molecule has 0 aliphatic carbocycles. The van der Waals surface area contributed by atoms with E-state index in [1.165, 1.54) is 23.4 Å². The number of aliphatic imine (C=N–C) groups is 1. The molecule has 2 aromatic carbocycles. The number of methoxy groups -OCH3 is 1. The van der Waals surface area contributed by atoms with Crippen molar-refractivity contribution in [2.75, 3.05) is 31.7 Å². The second-order valence-electron chi connectivity index (χ2n) is 6.37. The number of fused-ring (bicyclic) bond motifs is 1. The summed E-state index contributed by atoms with van der Waals surface area (Å²) in [6.45, 7) is 2.81. The van der Waals surface area contributed by atoms with Crippen molar-refractivity contribution in [2.45, 2.75) is 19.4 Å². The molecule has 0 saturated carbocycles. The molecule has 150 valence electrons. The summed E-state index contributed by atoms with van der Waals surface area (Å²) in [4.78, 5) is 17.4. The molecule has 0 fully saturated rings. The summed E-state index contributed by atoms with van der Waals surface area (Å²) in [5, 5.41) is 14.2. The van der Waals surface area contributed by atoms with E-state index in [0.717, 1.165) is 37.5 Å². The lowest BCUT2D eigenvalue weighted by Gasteiger charge is -2.23. The highest BCUT2D eigenvalue weighted by molar-refractivity contribution is 14.0. The van der Waals surface area contributed by atoms with Crippen LogP contribution in [0.4, 0.5) is 11.4 Å². The number of guanidine groups is 1. The van der Waals surface area contributed by atoms with Gasteiger partial charge >= 0.3 is 0 Å². The summed E-state index contributed by atoms with van der Waals surface area (Å²) in [6, 6.07) is 14.9. The number of para-hydroxylation sites is 1. The summed E-state index contributed by atoms with van der Waals surface area (Å²) in [5.74, 6) is 0.828. The Balaban J connectivity index is 0.00000280. The molecular weight excluding hydrogens is 471 g/mol. The van der Waals surface area contributed by atoms with Gasteiger partial charge in [0.1, 0.15) is 0 Å². The van der Waals surface area contributed by atoms with Crippen molar-refractivity contribution in [3.63, 3.8) is 0 Å². The van der Waals surface area contributed by atoms with E-state index in [9.17, 15) is 10.1 Å². The lowest BCUT2D eigenvalue weighted by molar-refractivity contribution is -0.384. The van der Waals surface area contributed by atoms with Crippen LogP contribution in [0.2, 0.25) is 0 Å². The first kappa shape index (κ1) is 22.1. The van der Waals surface area contributed by atoms with Gasteiger partial charge in [-0.05, 0) is 30.0 Å². The monoisotopic (exact) mass is 496 g/mol. The van der Waals surface area contributed by atoms with Crippen LogP contribution < -0.4 is 10.2 Å². The number of anilines is 1. The van der Waals surface area contributed by atoms with Crippen LogP contribution in [0, 0.1) is 10.1 Å². The highest BCUT2D eigenvalue weighted by Gasteiger charge is 2.22. The van der Waals surface area contributed by atoms with E-state index >= 15 is 0 Å². The van der Waals surface area contributed by atoms with Gasteiger partial charge in [0.2, 0.25) is 0 Å². The van der Waals surface area contributed by atoms with Crippen LogP contribution in [0.25, 0.3) is 0 Å². The van der Waals surface area contributed by atoms with E-state index in [-0.39, 0.29) is 29.7 Å². The van der Waals surface area contributed by atoms with E-state index in [1.807, 2.05) is 6.07 Å². The third kappa shape index (κ3) is 5.65. The zero-order chi connectivity index (χ0) is 19.1. The number of benzene rings is 2. The van der Waals surface area contributed by atoms with Crippen molar-refractivity contribution < 1.29 is 9.66 Å². The van der Waals surface area contributed by atoms with Crippen LogP contribution in [0.5, 0.6) is 0 Å². The molecule has 8 heteroatoms. The molecule has 0 atom stereocenters. The number of non-ortho nitro benzene ring substituents is 1. The minimum Gasteiger partial charge on any atom is -0.385 e. The average molecular weight is 496 g/mol. The number of nitro benzene ring substituents is 1. The molecule has 1 N–H and O–H groups in total. The predicted octanol–water partition coefficient (Wildman–Crippen LogP) is 3.76. The van der Waals surface area contributed by atoms with Crippen molar-refractivity contribution >= 4 is 41.3 Å². The molecule has 1 heterocycles. The third-order valence-electron chi connectivity index (χ3n) is 4.51. The van der Waals surface area contributed by atoms with Gasteiger partial charge in [0.25, 0.3) is 5.69 Å². The summed E-state index contributed by atoms with van der Waals surface area (Å²) in [7, 11) is 1.69. The second-order valence-corrected chi connectivity index (χ2v) is 6.37. The first-order chi connectivity index (χ1) is 13.2. The minimum atomic E-state index is -0.392. The highest BCUT2D eigenvalue weighted by Crippen LogP contribution is 2.27. The maximum atomic E-state index is 10.8. The van der Waals surface area contributed by atoms with Gasteiger partial charge in [-0.1, -0.05) is 30.3 Å². The lowest BCUT2D eigenvalue weighted by atomic mass is 10.2. The first-order valence-corrected chi connectivity index (χ1v) is 9.05. The van der Waals surface area contributed by atoms with Crippen molar-refractivity contribution in [2.24, 2.45) is 4.99 Å². The summed E-state index contributed by atoms with van der Waals surface area (Å²) >= 11 is 0. The molecule has 0 aromatic heterocycles. The van der Waals surface area contributed by atoms with Crippen LogP contribution in [0.3, 0.4) is 0 Å². The number of rotatable bonds is 7. The molecule has 7 nitrogen and oxygen atoms in total. The highest BCUT2D eigenvalue weighted by atomic mass is 127. The molecule has 0 amide bonds. The van der Waals surface area contributed by atoms with E-state index in [1.54, 1.807) is 19.2 Å². The van der Waals surface area contributed by atoms with Crippen molar-refractivity contribution in [3.05, 3.63) is 69.8 Å². The molecule has 0 saturated heterocycles. The molecule has 0 radical (unpaired) electrons. The Kier molecular flexibility index (Phi) is 8.65. The maximum absolute atomic E-state index is 10.8. The summed E-state index contributed by atoms with van der Waals surface area (Å²) in [6.07, 6.45) is 1.88. The quantitative estimate of drug-likeness (QED) is 0.158. The minimum absolute atomic E-state index is 0. The zero-order valence-corrected chi connectivity index (χ0v) is 18.2. The predicted molar refractivity (Wildman–Crippen MR) is 122 cm³/mol. The molecule has 3 rings (SSSR count). The normalized spacial score (nSPS) is 13.0. The Labute approximate surface area is 182 Å². The van der Waals surface area contributed by atoms with Gasteiger partial charge in [-0.3, -0.25) is 10.1 Å². The SMILES string of the molecule is COCCCNC(=NCc1ccc([N+](=O)[O-])cc1)N1CCc2ccccc21.I. The molecule has 2 aromatic rings. The van der Waals surface area contributed by atoms with Crippen LogP contribution in [-0.4, -0.2) is 37.7 Å². The van der Waals surface area contributed by atoms with Crippen molar-refractivity contribution in [1.82, 2.24) is 5.32 Å². The van der Waals surface area contributed by atoms with Gasteiger partial charge in [0, 0.05) is 44.6 Å². The van der Waals surface area contributed by atoms with E-state index in [2.05, 4.69) is 28.4 Å². The fraction of sp³-hybridized carbons (Fsp3) is 0.350. The number of hydrogen-bond donors (Lipinski definition) is 1. The number of halogens is 1. The number of ether oxygens (including phenoxy) is 1. The van der Waals surface area contributed by atoms with Crippen molar-refractivity contribution in [1.29, 1.82) is 0 Å².